The smallest absolute Gasteiger partial charge is 0.161 e. The van der Waals surface area contributed by atoms with Crippen molar-refractivity contribution in [1.82, 2.24) is 19.5 Å². The molecule has 1 unspecified atom stereocenters. The number of anilines is 1. The van der Waals surface area contributed by atoms with Crippen LogP contribution < -0.4 is 5.32 Å². The van der Waals surface area contributed by atoms with Gasteiger partial charge in [-0.1, -0.05) is 6.07 Å². The second-order valence-corrected chi connectivity index (χ2v) is 4.84. The molecule has 0 saturated carbocycles. The summed E-state index contributed by atoms with van der Waals surface area (Å²) in [5.41, 5.74) is 1.95. The Kier molecular flexibility index (Phi) is 3.64. The molecule has 0 aromatic carbocycles. The fourth-order valence-corrected chi connectivity index (χ4v) is 2.24. The van der Waals surface area contributed by atoms with Crippen LogP contribution >= 0.6 is 0 Å². The number of rotatable bonds is 4. The van der Waals surface area contributed by atoms with Crippen LogP contribution in [0.2, 0.25) is 0 Å². The van der Waals surface area contributed by atoms with Gasteiger partial charge in [0.05, 0.1) is 17.4 Å². The molecule has 3 rings (SSSR count). The Morgan fingerprint density at radius 2 is 1.86 bits per heavy atom. The van der Waals surface area contributed by atoms with Crippen LogP contribution in [0.1, 0.15) is 24.5 Å². The predicted molar refractivity (Wildman–Crippen MR) is 82.4 cm³/mol. The first kappa shape index (κ1) is 13.3. The van der Waals surface area contributed by atoms with Gasteiger partial charge in [-0.15, -0.1) is 0 Å². The maximum Gasteiger partial charge on any atom is 0.161 e. The molecule has 0 aliphatic carbocycles. The number of imidazole rings is 1. The third-order valence-electron chi connectivity index (χ3n) is 3.34. The van der Waals surface area contributed by atoms with Crippen LogP contribution in [0, 0.1) is 6.92 Å². The highest BCUT2D eigenvalue weighted by Crippen LogP contribution is 2.23. The van der Waals surface area contributed by atoms with Crippen molar-refractivity contribution in [3.05, 3.63) is 66.6 Å². The van der Waals surface area contributed by atoms with Crippen molar-refractivity contribution in [2.75, 3.05) is 5.32 Å². The van der Waals surface area contributed by atoms with E-state index in [4.69, 9.17) is 0 Å². The average molecular weight is 279 g/mol. The molecule has 0 bridgehead atoms. The minimum atomic E-state index is 0.0953. The minimum absolute atomic E-state index is 0.0953. The van der Waals surface area contributed by atoms with E-state index < -0.39 is 0 Å². The van der Waals surface area contributed by atoms with Gasteiger partial charge in [0.15, 0.2) is 5.82 Å². The molecular weight excluding hydrogens is 262 g/mol. The summed E-state index contributed by atoms with van der Waals surface area (Å²) < 4.78 is 1.97. The maximum absolute atomic E-state index is 4.47. The second kappa shape index (κ2) is 5.75. The minimum Gasteiger partial charge on any atom is -0.374 e. The number of aromatic nitrogens is 4. The second-order valence-electron chi connectivity index (χ2n) is 4.84. The first-order valence-electron chi connectivity index (χ1n) is 6.88. The summed E-state index contributed by atoms with van der Waals surface area (Å²) >= 11 is 0. The Morgan fingerprint density at radius 3 is 2.57 bits per heavy atom. The summed E-state index contributed by atoms with van der Waals surface area (Å²) in [6, 6.07) is 9.95. The van der Waals surface area contributed by atoms with Crippen molar-refractivity contribution in [3.63, 3.8) is 0 Å². The van der Waals surface area contributed by atoms with Crippen molar-refractivity contribution in [3.8, 4) is 5.82 Å². The van der Waals surface area contributed by atoms with Gasteiger partial charge in [0.2, 0.25) is 0 Å². The Hall–Kier alpha value is -2.69. The molecule has 106 valence electrons. The largest absolute Gasteiger partial charge is 0.374 e. The number of hydrogen-bond donors (Lipinski definition) is 1. The van der Waals surface area contributed by atoms with Gasteiger partial charge < -0.3 is 5.32 Å². The van der Waals surface area contributed by atoms with Gasteiger partial charge in [-0.05, 0) is 38.1 Å². The SMILES string of the molecule is Cc1nccn1-c1ncccc1NC(C)c1ccccn1. The molecule has 1 N–H and O–H groups in total. The standard InChI is InChI=1S/C16H17N5/c1-12(14-6-3-4-8-18-14)20-15-7-5-9-19-16(15)21-11-10-17-13(21)2/h3-12,20H,1-2H3. The summed E-state index contributed by atoms with van der Waals surface area (Å²) in [5.74, 6) is 1.75. The molecule has 1 atom stereocenters. The lowest BCUT2D eigenvalue weighted by Crippen LogP contribution is -2.11. The van der Waals surface area contributed by atoms with Gasteiger partial charge in [-0.25, -0.2) is 9.97 Å². The summed E-state index contributed by atoms with van der Waals surface area (Å²) in [4.78, 5) is 13.1. The quantitative estimate of drug-likeness (QED) is 0.797. The first-order valence-corrected chi connectivity index (χ1v) is 6.88. The maximum atomic E-state index is 4.47. The van der Waals surface area contributed by atoms with E-state index in [1.807, 2.05) is 48.0 Å². The number of nitrogens with zero attached hydrogens (tertiary/aromatic N) is 4. The average Bonchev–Trinajstić information content (AvgIpc) is 2.95. The molecule has 0 saturated heterocycles. The van der Waals surface area contributed by atoms with Crippen LogP contribution in [0.5, 0.6) is 0 Å². The predicted octanol–water partition coefficient (Wildman–Crippen LogP) is 3.14. The van der Waals surface area contributed by atoms with E-state index in [0.717, 1.165) is 23.0 Å². The highest BCUT2D eigenvalue weighted by molar-refractivity contribution is 5.58. The number of aryl methyl sites for hydroxylation is 1. The zero-order valence-electron chi connectivity index (χ0n) is 12.1. The highest BCUT2D eigenvalue weighted by atomic mass is 15.1. The number of nitrogens with one attached hydrogen (secondary N) is 1. The van der Waals surface area contributed by atoms with Crippen molar-refractivity contribution in [1.29, 1.82) is 0 Å². The van der Waals surface area contributed by atoms with Crippen molar-refractivity contribution in [2.24, 2.45) is 0 Å². The Labute approximate surface area is 123 Å². The molecule has 5 nitrogen and oxygen atoms in total. The van der Waals surface area contributed by atoms with Crippen molar-refractivity contribution < 1.29 is 0 Å². The third-order valence-corrected chi connectivity index (χ3v) is 3.34. The summed E-state index contributed by atoms with van der Waals surface area (Å²) in [7, 11) is 0. The molecule has 0 radical (unpaired) electrons. The van der Waals surface area contributed by atoms with Crippen LogP contribution in [-0.2, 0) is 0 Å². The molecule has 0 aliphatic heterocycles. The van der Waals surface area contributed by atoms with E-state index in [2.05, 4.69) is 27.2 Å². The monoisotopic (exact) mass is 279 g/mol. The molecule has 0 amide bonds. The summed E-state index contributed by atoms with van der Waals surface area (Å²) in [6.45, 7) is 4.04. The van der Waals surface area contributed by atoms with Crippen LogP contribution in [0.25, 0.3) is 5.82 Å². The molecule has 3 aromatic heterocycles. The highest BCUT2D eigenvalue weighted by Gasteiger charge is 2.12. The number of hydrogen-bond acceptors (Lipinski definition) is 4. The fourth-order valence-electron chi connectivity index (χ4n) is 2.24. The zero-order chi connectivity index (χ0) is 14.7. The van der Waals surface area contributed by atoms with Crippen molar-refractivity contribution >= 4 is 5.69 Å². The lowest BCUT2D eigenvalue weighted by Gasteiger charge is -2.17. The normalized spacial score (nSPS) is 12.1. The third kappa shape index (κ3) is 2.76. The summed E-state index contributed by atoms with van der Waals surface area (Å²) in [5, 5.41) is 3.47. The van der Waals surface area contributed by atoms with Crippen LogP contribution in [0.15, 0.2) is 55.1 Å². The van der Waals surface area contributed by atoms with E-state index in [1.165, 1.54) is 0 Å². The fraction of sp³-hybridized carbons (Fsp3) is 0.188. The van der Waals surface area contributed by atoms with Gasteiger partial charge in [-0.3, -0.25) is 9.55 Å². The van der Waals surface area contributed by atoms with Gasteiger partial charge in [0.1, 0.15) is 5.82 Å². The Balaban J connectivity index is 1.92. The lowest BCUT2D eigenvalue weighted by molar-refractivity contribution is 0.830. The van der Waals surface area contributed by atoms with E-state index in [9.17, 15) is 0 Å². The molecular formula is C16H17N5. The molecule has 0 aliphatic rings. The molecule has 21 heavy (non-hydrogen) atoms. The lowest BCUT2D eigenvalue weighted by atomic mass is 10.2. The van der Waals surface area contributed by atoms with E-state index in [-0.39, 0.29) is 6.04 Å². The molecule has 3 heterocycles. The van der Waals surface area contributed by atoms with Crippen LogP contribution in [0.3, 0.4) is 0 Å². The van der Waals surface area contributed by atoms with Crippen LogP contribution in [-0.4, -0.2) is 19.5 Å². The molecule has 0 spiro atoms. The Bertz CT molecular complexity index is 720. The van der Waals surface area contributed by atoms with E-state index >= 15 is 0 Å². The molecule has 0 fully saturated rings. The van der Waals surface area contributed by atoms with Gasteiger partial charge in [0.25, 0.3) is 0 Å². The van der Waals surface area contributed by atoms with Gasteiger partial charge in [0, 0.05) is 24.8 Å². The molecule has 5 heteroatoms. The van der Waals surface area contributed by atoms with Crippen molar-refractivity contribution in [2.45, 2.75) is 19.9 Å². The van der Waals surface area contributed by atoms with Gasteiger partial charge >= 0.3 is 0 Å². The first-order chi connectivity index (χ1) is 10.3. The Morgan fingerprint density at radius 1 is 1.00 bits per heavy atom. The summed E-state index contributed by atoms with van der Waals surface area (Å²) in [6.07, 6.45) is 7.27. The number of pyridine rings is 2. The van der Waals surface area contributed by atoms with Crippen LogP contribution in [0.4, 0.5) is 5.69 Å². The topological polar surface area (TPSA) is 55.6 Å². The van der Waals surface area contributed by atoms with Gasteiger partial charge in [-0.2, -0.15) is 0 Å². The van der Waals surface area contributed by atoms with E-state index in [1.54, 1.807) is 18.6 Å². The van der Waals surface area contributed by atoms with E-state index in [0.29, 0.717) is 0 Å². The zero-order valence-corrected chi connectivity index (χ0v) is 12.1. The molecule has 3 aromatic rings.